The van der Waals surface area contributed by atoms with Crippen LogP contribution in [0.2, 0.25) is 0 Å². The molecule has 0 fully saturated rings. The summed E-state index contributed by atoms with van der Waals surface area (Å²) in [6.07, 6.45) is 0.780. The normalized spacial score (nSPS) is 17.6. The molecule has 0 bridgehead atoms. The Bertz CT molecular complexity index is 690. The van der Waals surface area contributed by atoms with Crippen molar-refractivity contribution in [1.29, 1.82) is 0 Å². The molecule has 0 unspecified atom stereocenters. The van der Waals surface area contributed by atoms with E-state index in [4.69, 9.17) is 5.14 Å². The molecule has 5 nitrogen and oxygen atoms in total. The average molecular weight is 265 g/mol. The van der Waals surface area contributed by atoms with Gasteiger partial charge in [0.25, 0.3) is 10.2 Å². The second kappa shape index (κ2) is 4.08. The monoisotopic (exact) mass is 265 g/mol. The number of hydrogen-bond donors (Lipinski definition) is 1. The summed E-state index contributed by atoms with van der Waals surface area (Å²) >= 11 is 0. The van der Waals surface area contributed by atoms with E-state index in [2.05, 4.69) is 10.6 Å². The predicted molar refractivity (Wildman–Crippen MR) is 70.1 cm³/mol. The van der Waals surface area contributed by atoms with Crippen molar-refractivity contribution in [2.45, 2.75) is 19.5 Å². The maximum Gasteiger partial charge on any atom is 0.277 e. The number of fused-ring (bicyclic) bond motifs is 3. The molecule has 18 heavy (non-hydrogen) atoms. The maximum absolute atomic E-state index is 11.5. The highest BCUT2D eigenvalue weighted by atomic mass is 32.2. The Labute approximate surface area is 106 Å². The molecular weight excluding hydrogens is 250 g/mol. The van der Waals surface area contributed by atoms with E-state index in [-0.39, 0.29) is 0 Å². The molecule has 1 aromatic heterocycles. The number of rotatable bonds is 1. The van der Waals surface area contributed by atoms with Crippen molar-refractivity contribution < 1.29 is 8.42 Å². The van der Waals surface area contributed by atoms with Crippen LogP contribution in [0.25, 0.3) is 10.9 Å². The fourth-order valence-corrected chi connectivity index (χ4v) is 3.24. The van der Waals surface area contributed by atoms with Crippen molar-refractivity contribution in [2.24, 2.45) is 5.14 Å². The second-order valence-electron chi connectivity index (χ2n) is 4.58. The van der Waals surface area contributed by atoms with Gasteiger partial charge < -0.3 is 4.57 Å². The lowest BCUT2D eigenvalue weighted by atomic mass is 10.2. The summed E-state index contributed by atoms with van der Waals surface area (Å²) < 4.78 is 26.4. The Morgan fingerprint density at radius 3 is 2.72 bits per heavy atom. The molecule has 2 heterocycles. The van der Waals surface area contributed by atoms with Gasteiger partial charge in [-0.3, -0.25) is 0 Å². The first-order chi connectivity index (χ1) is 8.55. The Hall–Kier alpha value is -1.37. The number of nitrogens with zero attached hydrogens (tertiary/aromatic N) is 2. The van der Waals surface area contributed by atoms with Crippen LogP contribution in [0.4, 0.5) is 0 Å². The van der Waals surface area contributed by atoms with Gasteiger partial charge in [0.15, 0.2) is 0 Å². The molecule has 0 saturated carbocycles. The standard InChI is InChI=1S/C12H15N3O2S/c13-18(16,17)14-6-3-7-15-11(9-14)8-10-4-1-2-5-12(10)15/h1-2,4-5,8H,3,6-7,9H2,(H2,13,16,17). The van der Waals surface area contributed by atoms with Crippen LogP contribution < -0.4 is 5.14 Å². The van der Waals surface area contributed by atoms with Crippen molar-refractivity contribution in [1.82, 2.24) is 8.87 Å². The summed E-state index contributed by atoms with van der Waals surface area (Å²) in [5.74, 6) is 0. The molecule has 0 spiro atoms. The van der Waals surface area contributed by atoms with Crippen LogP contribution in [0.15, 0.2) is 30.3 Å². The fourth-order valence-electron chi connectivity index (χ4n) is 2.54. The molecule has 0 amide bonds. The number of aromatic nitrogens is 1. The van der Waals surface area contributed by atoms with Gasteiger partial charge in [0.05, 0.1) is 6.54 Å². The smallest absolute Gasteiger partial charge is 0.277 e. The predicted octanol–water partition coefficient (Wildman–Crippen LogP) is 1.05. The van der Waals surface area contributed by atoms with Crippen LogP contribution in [0, 0.1) is 0 Å². The highest BCUT2D eigenvalue weighted by Gasteiger charge is 2.22. The molecule has 0 radical (unpaired) electrons. The number of hydrogen-bond acceptors (Lipinski definition) is 2. The minimum Gasteiger partial charge on any atom is -0.343 e. The largest absolute Gasteiger partial charge is 0.343 e. The Balaban J connectivity index is 2.10. The third-order valence-corrected chi connectivity index (χ3v) is 4.42. The van der Waals surface area contributed by atoms with Crippen LogP contribution in [-0.2, 0) is 23.3 Å². The topological polar surface area (TPSA) is 68.3 Å². The number of nitrogens with two attached hydrogens (primary N) is 1. The van der Waals surface area contributed by atoms with Crippen molar-refractivity contribution in [2.75, 3.05) is 6.54 Å². The van der Waals surface area contributed by atoms with Gasteiger partial charge in [0.2, 0.25) is 0 Å². The minimum absolute atomic E-state index is 0.355. The molecule has 2 N–H and O–H groups in total. The van der Waals surface area contributed by atoms with Gasteiger partial charge in [0, 0.05) is 24.3 Å². The van der Waals surface area contributed by atoms with Gasteiger partial charge in [-0.1, -0.05) is 18.2 Å². The number of benzene rings is 1. The highest BCUT2D eigenvalue weighted by molar-refractivity contribution is 7.86. The van der Waals surface area contributed by atoms with E-state index >= 15 is 0 Å². The van der Waals surface area contributed by atoms with E-state index in [1.165, 1.54) is 4.31 Å². The summed E-state index contributed by atoms with van der Waals surface area (Å²) in [6, 6.07) is 10.1. The summed E-state index contributed by atoms with van der Waals surface area (Å²) in [5, 5.41) is 6.36. The fraction of sp³-hybridized carbons (Fsp3) is 0.333. The van der Waals surface area contributed by atoms with Crippen molar-refractivity contribution in [3.63, 3.8) is 0 Å². The average Bonchev–Trinajstić information content (AvgIpc) is 2.52. The van der Waals surface area contributed by atoms with Gasteiger partial charge >= 0.3 is 0 Å². The van der Waals surface area contributed by atoms with Gasteiger partial charge in [-0.15, -0.1) is 0 Å². The zero-order valence-electron chi connectivity index (χ0n) is 9.91. The van der Waals surface area contributed by atoms with E-state index < -0.39 is 10.2 Å². The second-order valence-corrected chi connectivity index (χ2v) is 6.12. The Kier molecular flexibility index (Phi) is 2.65. The number of para-hydroxylation sites is 1. The molecule has 1 aromatic carbocycles. The van der Waals surface area contributed by atoms with Crippen LogP contribution >= 0.6 is 0 Å². The Morgan fingerprint density at radius 1 is 1.17 bits per heavy atom. The first-order valence-electron chi connectivity index (χ1n) is 5.91. The zero-order chi connectivity index (χ0) is 12.8. The minimum atomic E-state index is -3.61. The van der Waals surface area contributed by atoms with Crippen LogP contribution in [0.5, 0.6) is 0 Å². The van der Waals surface area contributed by atoms with Gasteiger partial charge in [0.1, 0.15) is 0 Å². The summed E-state index contributed by atoms with van der Waals surface area (Å²) in [7, 11) is -3.61. The zero-order valence-corrected chi connectivity index (χ0v) is 10.7. The lowest BCUT2D eigenvalue weighted by Crippen LogP contribution is -2.36. The molecule has 2 aromatic rings. The Morgan fingerprint density at radius 2 is 1.94 bits per heavy atom. The van der Waals surface area contributed by atoms with Crippen molar-refractivity contribution in [3.8, 4) is 0 Å². The van der Waals surface area contributed by atoms with Crippen molar-refractivity contribution in [3.05, 3.63) is 36.0 Å². The van der Waals surface area contributed by atoms with E-state index in [0.717, 1.165) is 29.6 Å². The van der Waals surface area contributed by atoms with E-state index in [1.807, 2.05) is 24.3 Å². The van der Waals surface area contributed by atoms with E-state index in [1.54, 1.807) is 0 Å². The lowest BCUT2D eigenvalue weighted by molar-refractivity contribution is 0.411. The SMILES string of the molecule is NS(=O)(=O)N1CCCn2c(cc3ccccc32)C1. The van der Waals surface area contributed by atoms with Crippen LogP contribution in [0.1, 0.15) is 12.1 Å². The molecular formula is C12H15N3O2S. The lowest BCUT2D eigenvalue weighted by Gasteiger charge is -2.15. The molecule has 0 aliphatic carbocycles. The third-order valence-electron chi connectivity index (χ3n) is 3.38. The van der Waals surface area contributed by atoms with Gasteiger partial charge in [-0.2, -0.15) is 12.7 Å². The molecule has 0 atom stereocenters. The maximum atomic E-state index is 11.5. The molecule has 1 aliphatic heterocycles. The van der Waals surface area contributed by atoms with Crippen LogP contribution in [-0.4, -0.2) is 23.8 Å². The third kappa shape index (κ3) is 1.92. The molecule has 3 rings (SSSR count). The summed E-state index contributed by atoms with van der Waals surface area (Å²) in [5.41, 5.74) is 2.16. The molecule has 1 aliphatic rings. The van der Waals surface area contributed by atoms with Gasteiger partial charge in [-0.05, 0) is 23.9 Å². The van der Waals surface area contributed by atoms with E-state index in [0.29, 0.717) is 13.1 Å². The highest BCUT2D eigenvalue weighted by Crippen LogP contribution is 2.24. The quantitative estimate of drug-likeness (QED) is 0.837. The molecule has 6 heteroatoms. The summed E-state index contributed by atoms with van der Waals surface area (Å²) in [6.45, 7) is 1.66. The first-order valence-corrected chi connectivity index (χ1v) is 7.41. The van der Waals surface area contributed by atoms with E-state index in [9.17, 15) is 8.42 Å². The van der Waals surface area contributed by atoms with Crippen LogP contribution in [0.3, 0.4) is 0 Å². The summed E-state index contributed by atoms with van der Waals surface area (Å²) in [4.78, 5) is 0. The van der Waals surface area contributed by atoms with Crippen molar-refractivity contribution >= 4 is 21.1 Å². The van der Waals surface area contributed by atoms with Gasteiger partial charge in [-0.25, -0.2) is 5.14 Å². The molecule has 0 saturated heterocycles. The first kappa shape index (κ1) is 11.7. The molecule has 96 valence electrons. The number of aryl methyl sites for hydroxylation is 1.